The molecular weight excluding hydrogens is 412 g/mol. The summed E-state index contributed by atoms with van der Waals surface area (Å²) in [6.07, 6.45) is 8.17. The number of hydrogen-bond acceptors (Lipinski definition) is 5. The third kappa shape index (κ3) is 2.90. The van der Waals surface area contributed by atoms with Crippen molar-refractivity contribution in [3.8, 4) is 11.5 Å². The molecule has 27 heavy (non-hydrogen) atoms. The minimum atomic E-state index is -0.252. The smallest absolute Gasteiger partial charge is 0.254 e. The molecule has 0 N–H and O–H groups in total. The summed E-state index contributed by atoms with van der Waals surface area (Å²) in [5.41, 5.74) is 0.677. The van der Waals surface area contributed by atoms with Crippen LogP contribution in [0.1, 0.15) is 12.0 Å². The van der Waals surface area contributed by atoms with Gasteiger partial charge in [0.2, 0.25) is 0 Å². The highest BCUT2D eigenvalue weighted by molar-refractivity contribution is 9.10. The Morgan fingerprint density at radius 1 is 1.22 bits per heavy atom. The van der Waals surface area contributed by atoms with Crippen molar-refractivity contribution in [3.63, 3.8) is 0 Å². The van der Waals surface area contributed by atoms with Crippen molar-refractivity contribution in [1.82, 2.24) is 5.01 Å². The molecule has 1 aromatic rings. The number of fused-ring (bicyclic) bond motifs is 5. The Hall–Kier alpha value is -2.41. The molecule has 0 aromatic heterocycles. The van der Waals surface area contributed by atoms with Gasteiger partial charge in [-0.05, 0) is 46.3 Å². The summed E-state index contributed by atoms with van der Waals surface area (Å²) in [6.45, 7) is 3.98. The standard InChI is InChI=1S/C20H19BrN2O4/c1-3-6-27-16-9-14(21)13(8-15(16)26-2)10-22-23-19(24)17-11-4-5-12(7-11)18(17)20(23)25/h3-5,8-12,17-18H,1,6-7H2,2H3/t11-,12-,17-,18+/m0/s1. The molecule has 4 atom stereocenters. The van der Waals surface area contributed by atoms with Crippen LogP contribution in [0.15, 0.2) is 46.5 Å². The van der Waals surface area contributed by atoms with Crippen LogP contribution in [0.5, 0.6) is 11.5 Å². The van der Waals surface area contributed by atoms with Gasteiger partial charge < -0.3 is 9.47 Å². The average molecular weight is 431 g/mol. The lowest BCUT2D eigenvalue weighted by atomic mass is 9.85. The van der Waals surface area contributed by atoms with Gasteiger partial charge in [0.05, 0.1) is 25.2 Å². The Bertz CT molecular complexity index is 849. The van der Waals surface area contributed by atoms with E-state index in [1.807, 2.05) is 0 Å². The Balaban J connectivity index is 1.57. The molecule has 1 aliphatic heterocycles. The van der Waals surface area contributed by atoms with E-state index in [1.165, 1.54) is 6.21 Å². The molecular formula is C20H19BrN2O4. The van der Waals surface area contributed by atoms with Crippen LogP contribution in [0, 0.1) is 23.7 Å². The molecule has 4 rings (SSSR count). The van der Waals surface area contributed by atoms with Gasteiger partial charge in [-0.3, -0.25) is 9.59 Å². The van der Waals surface area contributed by atoms with Crippen molar-refractivity contribution in [2.24, 2.45) is 28.8 Å². The summed E-state index contributed by atoms with van der Waals surface area (Å²) in [5, 5.41) is 5.23. The van der Waals surface area contributed by atoms with Gasteiger partial charge in [0, 0.05) is 10.0 Å². The number of carbonyl (C=O) groups is 2. The van der Waals surface area contributed by atoms with Crippen molar-refractivity contribution in [2.75, 3.05) is 13.7 Å². The molecule has 0 spiro atoms. The molecule has 1 saturated carbocycles. The van der Waals surface area contributed by atoms with Crippen molar-refractivity contribution in [3.05, 3.63) is 47.0 Å². The topological polar surface area (TPSA) is 68.2 Å². The predicted molar refractivity (Wildman–Crippen MR) is 104 cm³/mol. The largest absolute Gasteiger partial charge is 0.493 e. The normalized spacial score (nSPS) is 28.3. The summed E-state index contributed by atoms with van der Waals surface area (Å²) in [7, 11) is 1.54. The molecule has 2 aliphatic carbocycles. The molecule has 2 fully saturated rings. The summed E-state index contributed by atoms with van der Waals surface area (Å²) in [6, 6.07) is 3.50. The highest BCUT2D eigenvalue weighted by Gasteiger charge is 2.59. The van der Waals surface area contributed by atoms with Gasteiger partial charge >= 0.3 is 0 Å². The average Bonchev–Trinajstić information content (AvgIpc) is 3.34. The summed E-state index contributed by atoms with van der Waals surface area (Å²) < 4.78 is 11.6. The van der Waals surface area contributed by atoms with Crippen molar-refractivity contribution in [2.45, 2.75) is 6.42 Å². The molecule has 0 unspecified atom stereocenters. The molecule has 1 saturated heterocycles. The van der Waals surface area contributed by atoms with E-state index < -0.39 is 0 Å². The summed E-state index contributed by atoms with van der Waals surface area (Å²) >= 11 is 3.47. The number of amides is 2. The molecule has 2 amide bonds. The SMILES string of the molecule is C=CCOc1cc(Br)c(C=NN2C(=O)[C@@H]3[C@H](C2=O)[C@H]2C=C[C@H]3C2)cc1OC. The Kier molecular flexibility index (Phi) is 4.63. The van der Waals surface area contributed by atoms with Crippen molar-refractivity contribution >= 4 is 34.0 Å². The summed E-state index contributed by atoms with van der Waals surface area (Å²) in [5.74, 6) is 0.523. The molecule has 1 heterocycles. The molecule has 1 aromatic carbocycles. The minimum Gasteiger partial charge on any atom is -0.493 e. The second-order valence-corrected chi connectivity index (χ2v) is 7.71. The quantitative estimate of drug-likeness (QED) is 0.394. The second-order valence-electron chi connectivity index (χ2n) is 6.86. The monoisotopic (exact) mass is 430 g/mol. The third-order valence-corrected chi connectivity index (χ3v) is 6.09. The number of halogens is 1. The van der Waals surface area contributed by atoms with Gasteiger partial charge in [0.25, 0.3) is 11.8 Å². The maximum absolute atomic E-state index is 12.7. The lowest BCUT2D eigenvalue weighted by molar-refractivity contribution is -0.140. The second kappa shape index (κ2) is 6.96. The van der Waals surface area contributed by atoms with Gasteiger partial charge in [0.1, 0.15) is 6.61 Å². The fourth-order valence-corrected chi connectivity index (χ4v) is 4.62. The van der Waals surface area contributed by atoms with Crippen molar-refractivity contribution < 1.29 is 19.1 Å². The van der Waals surface area contributed by atoms with Gasteiger partial charge in [-0.15, -0.1) is 0 Å². The van der Waals surface area contributed by atoms with E-state index in [0.29, 0.717) is 28.1 Å². The van der Waals surface area contributed by atoms with E-state index >= 15 is 0 Å². The van der Waals surface area contributed by atoms with Gasteiger partial charge in [-0.25, -0.2) is 0 Å². The number of hydrogen-bond donors (Lipinski definition) is 0. The number of imide groups is 1. The van der Waals surface area contributed by atoms with Crippen LogP contribution in [0.3, 0.4) is 0 Å². The predicted octanol–water partition coefficient (Wildman–Crippen LogP) is 3.16. The molecule has 0 radical (unpaired) electrons. The first-order chi connectivity index (χ1) is 13.0. The molecule has 7 heteroatoms. The van der Waals surface area contributed by atoms with Gasteiger partial charge in [0.15, 0.2) is 11.5 Å². The number of benzene rings is 1. The lowest BCUT2D eigenvalue weighted by Crippen LogP contribution is -2.28. The van der Waals surface area contributed by atoms with Crippen molar-refractivity contribution in [1.29, 1.82) is 0 Å². The van der Waals surface area contributed by atoms with Crippen LogP contribution < -0.4 is 9.47 Å². The first-order valence-corrected chi connectivity index (χ1v) is 9.55. The van der Waals surface area contributed by atoms with Crippen LogP contribution in [-0.2, 0) is 9.59 Å². The number of ether oxygens (including phenoxy) is 2. The number of methoxy groups -OCH3 is 1. The zero-order valence-electron chi connectivity index (χ0n) is 14.8. The Morgan fingerprint density at radius 2 is 1.89 bits per heavy atom. The van der Waals surface area contributed by atoms with Gasteiger partial charge in [-0.2, -0.15) is 10.1 Å². The summed E-state index contributed by atoms with van der Waals surface area (Å²) in [4.78, 5) is 25.4. The lowest BCUT2D eigenvalue weighted by Gasteiger charge is -2.13. The molecule has 140 valence electrons. The number of nitrogens with zero attached hydrogens (tertiary/aromatic N) is 2. The van der Waals surface area contributed by atoms with E-state index in [9.17, 15) is 9.59 Å². The first-order valence-electron chi connectivity index (χ1n) is 8.76. The van der Waals surface area contributed by atoms with Crippen LogP contribution >= 0.6 is 15.9 Å². The minimum absolute atomic E-state index is 0.171. The van der Waals surface area contributed by atoms with E-state index in [-0.39, 0.29) is 35.5 Å². The highest BCUT2D eigenvalue weighted by atomic mass is 79.9. The fraction of sp³-hybridized carbons (Fsp3) is 0.350. The van der Waals surface area contributed by atoms with Crippen LogP contribution in [-0.4, -0.2) is 36.8 Å². The van der Waals surface area contributed by atoms with E-state index in [1.54, 1.807) is 25.3 Å². The molecule has 2 bridgehead atoms. The Morgan fingerprint density at radius 3 is 2.48 bits per heavy atom. The highest BCUT2D eigenvalue weighted by Crippen LogP contribution is 2.52. The maximum Gasteiger partial charge on any atom is 0.254 e. The fourth-order valence-electron chi connectivity index (χ4n) is 4.19. The molecule has 3 aliphatic rings. The van der Waals surface area contributed by atoms with Crippen LogP contribution in [0.4, 0.5) is 0 Å². The zero-order chi connectivity index (χ0) is 19.1. The van der Waals surface area contributed by atoms with E-state index in [2.05, 4.69) is 39.8 Å². The Labute approximate surface area is 165 Å². The van der Waals surface area contributed by atoms with Crippen LogP contribution in [0.25, 0.3) is 0 Å². The maximum atomic E-state index is 12.7. The van der Waals surface area contributed by atoms with Crippen LogP contribution in [0.2, 0.25) is 0 Å². The number of hydrazone groups is 1. The number of allylic oxidation sites excluding steroid dienone is 2. The third-order valence-electron chi connectivity index (χ3n) is 5.40. The number of rotatable bonds is 6. The van der Waals surface area contributed by atoms with E-state index in [0.717, 1.165) is 11.4 Å². The first kappa shape index (κ1) is 18.0. The van der Waals surface area contributed by atoms with Gasteiger partial charge in [-0.1, -0.05) is 24.8 Å². The number of carbonyl (C=O) groups excluding carboxylic acids is 2. The molecule has 6 nitrogen and oxygen atoms in total. The zero-order valence-corrected chi connectivity index (χ0v) is 16.4. The van der Waals surface area contributed by atoms with E-state index in [4.69, 9.17) is 9.47 Å².